The number of rotatable bonds is 7. The third kappa shape index (κ3) is 4.03. The summed E-state index contributed by atoms with van der Waals surface area (Å²) >= 11 is 0. The van der Waals surface area contributed by atoms with Crippen molar-refractivity contribution in [2.75, 3.05) is 25.2 Å². The molecule has 0 unspecified atom stereocenters. The minimum Gasteiger partial charge on any atom is -0.385 e. The highest BCUT2D eigenvalue weighted by Gasteiger charge is 2.48. The Morgan fingerprint density at radius 1 is 1.16 bits per heavy atom. The predicted molar refractivity (Wildman–Crippen MR) is 124 cm³/mol. The largest absolute Gasteiger partial charge is 0.385 e. The third-order valence-electron chi connectivity index (χ3n) is 5.82. The van der Waals surface area contributed by atoms with Gasteiger partial charge in [-0.05, 0) is 38.5 Å². The Morgan fingerprint density at radius 3 is 2.56 bits per heavy atom. The van der Waals surface area contributed by atoms with Crippen molar-refractivity contribution in [3.63, 3.8) is 0 Å². The number of benzene rings is 2. The van der Waals surface area contributed by atoms with Gasteiger partial charge in [0.2, 0.25) is 5.91 Å². The summed E-state index contributed by atoms with van der Waals surface area (Å²) in [6.45, 7) is 5.07. The Kier molecular flexibility index (Phi) is 6.10. The van der Waals surface area contributed by atoms with Crippen molar-refractivity contribution in [2.45, 2.75) is 32.4 Å². The molecule has 0 bridgehead atoms. The molecule has 32 heavy (non-hydrogen) atoms. The molecule has 4 rings (SSSR count). The van der Waals surface area contributed by atoms with Crippen molar-refractivity contribution in [3.8, 4) is 11.3 Å². The van der Waals surface area contributed by atoms with Crippen LogP contribution in [0.4, 0.5) is 5.69 Å². The topological polar surface area (TPSA) is 76.5 Å². The van der Waals surface area contributed by atoms with Gasteiger partial charge < -0.3 is 10.1 Å². The molecule has 0 spiro atoms. The van der Waals surface area contributed by atoms with Crippen LogP contribution in [0.25, 0.3) is 11.3 Å². The molecule has 7 nitrogen and oxygen atoms in total. The minimum absolute atomic E-state index is 0.218. The van der Waals surface area contributed by atoms with E-state index in [2.05, 4.69) is 10.4 Å². The molecule has 0 saturated heterocycles. The zero-order valence-corrected chi connectivity index (χ0v) is 18.7. The summed E-state index contributed by atoms with van der Waals surface area (Å²) in [6.07, 6.45) is 0.696. The number of fused-ring (bicyclic) bond motifs is 1. The highest BCUT2D eigenvalue weighted by molar-refractivity contribution is 6.12. The van der Waals surface area contributed by atoms with Gasteiger partial charge in [-0.3, -0.25) is 19.2 Å². The van der Waals surface area contributed by atoms with E-state index in [0.717, 1.165) is 11.1 Å². The van der Waals surface area contributed by atoms with Gasteiger partial charge in [-0.1, -0.05) is 48.0 Å². The second kappa shape index (κ2) is 8.96. The molecule has 0 aliphatic carbocycles. The summed E-state index contributed by atoms with van der Waals surface area (Å²) in [5, 5.41) is 7.65. The second-order valence-corrected chi connectivity index (χ2v) is 8.29. The Balaban J connectivity index is 1.74. The summed E-state index contributed by atoms with van der Waals surface area (Å²) in [5.74, 6) is -0.464. The number of aromatic nitrogens is 2. The first-order chi connectivity index (χ1) is 15.4. The van der Waals surface area contributed by atoms with E-state index in [-0.39, 0.29) is 18.4 Å². The van der Waals surface area contributed by atoms with Crippen LogP contribution in [0, 0.1) is 6.92 Å². The fraction of sp³-hybridized carbons (Fsp3) is 0.320. The first-order valence-electron chi connectivity index (χ1n) is 10.8. The molecule has 2 heterocycles. The number of amides is 2. The molecule has 1 N–H and O–H groups in total. The Morgan fingerprint density at radius 2 is 1.88 bits per heavy atom. The lowest BCUT2D eigenvalue weighted by Crippen LogP contribution is -2.64. The van der Waals surface area contributed by atoms with E-state index in [4.69, 9.17) is 4.74 Å². The van der Waals surface area contributed by atoms with Crippen LogP contribution >= 0.6 is 0 Å². The smallest absolute Gasteiger partial charge is 0.277 e. The lowest BCUT2D eigenvalue weighted by atomic mass is 9.93. The molecule has 0 saturated carbocycles. The highest BCUT2D eigenvalue weighted by atomic mass is 16.5. The van der Waals surface area contributed by atoms with E-state index in [1.165, 1.54) is 0 Å². The number of carbonyl (C=O) groups excluding carboxylic acids is 2. The van der Waals surface area contributed by atoms with E-state index in [0.29, 0.717) is 36.6 Å². The van der Waals surface area contributed by atoms with Crippen LogP contribution in [-0.2, 0) is 16.1 Å². The van der Waals surface area contributed by atoms with Gasteiger partial charge in [0.25, 0.3) is 5.91 Å². The number of nitrogens with zero attached hydrogens (tertiary/aromatic N) is 3. The van der Waals surface area contributed by atoms with Crippen LogP contribution in [0.1, 0.15) is 29.4 Å². The van der Waals surface area contributed by atoms with Crippen LogP contribution in [-0.4, -0.2) is 47.4 Å². The number of nitrogens with one attached hydrogen (secondary N) is 1. The van der Waals surface area contributed by atoms with E-state index in [1.807, 2.05) is 61.5 Å². The SMILES string of the molecule is COCCCNC(=O)[C@]1(C)Cn2nc(-c3ccccc3)cc2C(=O)N1c1ccc(C)cc1. The van der Waals surface area contributed by atoms with E-state index < -0.39 is 5.54 Å². The van der Waals surface area contributed by atoms with Gasteiger partial charge in [-0.25, -0.2) is 0 Å². The molecular weight excluding hydrogens is 404 g/mol. The van der Waals surface area contributed by atoms with Crippen molar-refractivity contribution in [2.24, 2.45) is 0 Å². The van der Waals surface area contributed by atoms with Gasteiger partial charge in [0.05, 0.1) is 12.2 Å². The van der Waals surface area contributed by atoms with E-state index in [1.54, 1.807) is 29.7 Å². The van der Waals surface area contributed by atoms with Gasteiger partial charge in [0, 0.05) is 31.5 Å². The Labute approximate surface area is 188 Å². The molecule has 0 fully saturated rings. The van der Waals surface area contributed by atoms with E-state index in [9.17, 15) is 9.59 Å². The van der Waals surface area contributed by atoms with Crippen molar-refractivity contribution >= 4 is 17.5 Å². The standard InChI is InChI=1S/C25H28N4O3/c1-18-10-12-20(13-11-18)29-23(30)22-16-21(19-8-5-4-6-9-19)27-28(22)17-25(29,2)24(31)26-14-7-15-32-3/h4-6,8-13,16H,7,14-15,17H2,1-3H3,(H,26,31)/t25-/m0/s1. The maximum absolute atomic E-state index is 13.7. The lowest BCUT2D eigenvalue weighted by Gasteiger charge is -2.43. The average molecular weight is 433 g/mol. The van der Waals surface area contributed by atoms with Crippen molar-refractivity contribution < 1.29 is 14.3 Å². The van der Waals surface area contributed by atoms with Crippen LogP contribution < -0.4 is 10.2 Å². The van der Waals surface area contributed by atoms with Crippen LogP contribution in [0.3, 0.4) is 0 Å². The fourth-order valence-corrected chi connectivity index (χ4v) is 4.04. The van der Waals surface area contributed by atoms with Gasteiger partial charge in [0.1, 0.15) is 11.2 Å². The number of anilines is 1. The van der Waals surface area contributed by atoms with Gasteiger partial charge >= 0.3 is 0 Å². The molecule has 166 valence electrons. The quantitative estimate of drug-likeness (QED) is 0.581. The number of methoxy groups -OCH3 is 1. The monoisotopic (exact) mass is 432 g/mol. The normalized spacial score (nSPS) is 17.8. The molecular formula is C25H28N4O3. The molecule has 0 radical (unpaired) electrons. The van der Waals surface area contributed by atoms with Gasteiger partial charge in [0.15, 0.2) is 0 Å². The maximum Gasteiger partial charge on any atom is 0.277 e. The molecule has 1 atom stereocenters. The molecule has 1 aliphatic rings. The zero-order chi connectivity index (χ0) is 22.7. The molecule has 2 amide bonds. The molecule has 3 aromatic rings. The molecule has 1 aromatic heterocycles. The Hall–Kier alpha value is -3.45. The molecule has 7 heteroatoms. The maximum atomic E-state index is 13.7. The average Bonchev–Trinajstić information content (AvgIpc) is 3.22. The summed E-state index contributed by atoms with van der Waals surface area (Å²) in [4.78, 5) is 28.7. The first kappa shape index (κ1) is 21.8. The zero-order valence-electron chi connectivity index (χ0n) is 18.7. The number of hydrogen-bond donors (Lipinski definition) is 1. The van der Waals surface area contributed by atoms with Gasteiger partial charge in [-0.2, -0.15) is 5.10 Å². The number of carbonyl (C=O) groups is 2. The highest BCUT2D eigenvalue weighted by Crippen LogP contribution is 2.34. The number of hydrogen-bond acceptors (Lipinski definition) is 4. The first-order valence-corrected chi connectivity index (χ1v) is 10.8. The molecule has 2 aromatic carbocycles. The lowest BCUT2D eigenvalue weighted by molar-refractivity contribution is -0.126. The van der Waals surface area contributed by atoms with Crippen LogP contribution in [0.5, 0.6) is 0 Å². The number of ether oxygens (including phenoxy) is 1. The van der Waals surface area contributed by atoms with Crippen molar-refractivity contribution in [1.29, 1.82) is 0 Å². The van der Waals surface area contributed by atoms with E-state index >= 15 is 0 Å². The van der Waals surface area contributed by atoms with Crippen LogP contribution in [0.2, 0.25) is 0 Å². The Bertz CT molecular complexity index is 1110. The molecule has 1 aliphatic heterocycles. The summed E-state index contributed by atoms with van der Waals surface area (Å²) in [6, 6.07) is 19.2. The summed E-state index contributed by atoms with van der Waals surface area (Å²) < 4.78 is 6.73. The van der Waals surface area contributed by atoms with Crippen molar-refractivity contribution in [1.82, 2.24) is 15.1 Å². The summed E-state index contributed by atoms with van der Waals surface area (Å²) in [7, 11) is 1.63. The predicted octanol–water partition coefficient (Wildman–Crippen LogP) is 3.43. The number of aryl methyl sites for hydroxylation is 1. The third-order valence-corrected chi connectivity index (χ3v) is 5.82. The fourth-order valence-electron chi connectivity index (χ4n) is 4.04. The minimum atomic E-state index is -1.13. The van der Waals surface area contributed by atoms with Gasteiger partial charge in [-0.15, -0.1) is 0 Å². The van der Waals surface area contributed by atoms with Crippen LogP contribution in [0.15, 0.2) is 60.7 Å². The van der Waals surface area contributed by atoms with Crippen molar-refractivity contribution in [3.05, 3.63) is 71.9 Å². The summed E-state index contributed by atoms with van der Waals surface area (Å²) in [5.41, 5.74) is 2.74. The second-order valence-electron chi connectivity index (χ2n) is 8.29.